The van der Waals surface area contributed by atoms with Gasteiger partial charge in [-0.25, -0.2) is 4.98 Å². The van der Waals surface area contributed by atoms with Gasteiger partial charge >= 0.3 is 0 Å². The molecule has 1 atom stereocenters. The van der Waals surface area contributed by atoms with E-state index in [1.54, 1.807) is 19.2 Å². The maximum absolute atomic E-state index is 12.7. The molecule has 6 nitrogen and oxygen atoms in total. The summed E-state index contributed by atoms with van der Waals surface area (Å²) in [5.74, 6) is 1.37. The van der Waals surface area contributed by atoms with Crippen LogP contribution >= 0.6 is 0 Å². The highest BCUT2D eigenvalue weighted by Crippen LogP contribution is 2.20. The number of pyridine rings is 1. The molecule has 1 aliphatic rings. The third-order valence-corrected chi connectivity index (χ3v) is 4.41. The van der Waals surface area contributed by atoms with Crippen LogP contribution in [0, 0.1) is 19.8 Å². The Hall–Kier alpha value is -2.37. The fourth-order valence-corrected chi connectivity index (χ4v) is 3.26. The number of amides is 1. The molecule has 0 aromatic carbocycles. The van der Waals surface area contributed by atoms with Gasteiger partial charge in [-0.1, -0.05) is 0 Å². The molecule has 0 radical (unpaired) electrons. The molecule has 6 heteroatoms. The Morgan fingerprint density at radius 1 is 1.39 bits per heavy atom. The maximum atomic E-state index is 12.7. The molecule has 1 fully saturated rings. The Kier molecular flexibility index (Phi) is 4.32. The minimum absolute atomic E-state index is 0.0498. The first-order chi connectivity index (χ1) is 11.0. The van der Waals surface area contributed by atoms with E-state index in [0.29, 0.717) is 17.2 Å². The number of hydrogen-bond donors (Lipinski definition) is 1. The summed E-state index contributed by atoms with van der Waals surface area (Å²) >= 11 is 0. The van der Waals surface area contributed by atoms with Gasteiger partial charge in [-0.2, -0.15) is 0 Å². The molecule has 0 unspecified atom stereocenters. The number of hydrogen-bond acceptors (Lipinski definition) is 3. The van der Waals surface area contributed by atoms with Crippen molar-refractivity contribution in [3.8, 4) is 0 Å². The minimum Gasteiger partial charge on any atom is -0.338 e. The lowest BCUT2D eigenvalue weighted by molar-refractivity contribution is 0.0661. The summed E-state index contributed by atoms with van der Waals surface area (Å²) in [6, 6.07) is 3.13. The third kappa shape index (κ3) is 3.52. The second-order valence-corrected chi connectivity index (χ2v) is 6.30. The number of piperidine rings is 1. The molecule has 1 saturated heterocycles. The van der Waals surface area contributed by atoms with E-state index < -0.39 is 0 Å². The van der Waals surface area contributed by atoms with Crippen LogP contribution in [0.5, 0.6) is 0 Å². The van der Waals surface area contributed by atoms with Crippen LogP contribution in [0.2, 0.25) is 0 Å². The van der Waals surface area contributed by atoms with Crippen LogP contribution in [-0.2, 0) is 6.54 Å². The number of nitrogens with zero attached hydrogens (tertiary/aromatic N) is 3. The lowest BCUT2D eigenvalue weighted by atomic mass is 9.97. The summed E-state index contributed by atoms with van der Waals surface area (Å²) in [5.41, 5.74) is 0.963. The van der Waals surface area contributed by atoms with Gasteiger partial charge in [0, 0.05) is 49.4 Å². The van der Waals surface area contributed by atoms with E-state index in [0.717, 1.165) is 38.3 Å². The number of aryl methyl sites for hydroxylation is 2. The summed E-state index contributed by atoms with van der Waals surface area (Å²) in [5, 5.41) is 0. The van der Waals surface area contributed by atoms with Crippen LogP contribution in [0.4, 0.5) is 0 Å². The summed E-state index contributed by atoms with van der Waals surface area (Å²) in [7, 11) is 0. The third-order valence-electron chi connectivity index (χ3n) is 4.41. The molecule has 1 N–H and O–H groups in total. The van der Waals surface area contributed by atoms with Gasteiger partial charge in [0.25, 0.3) is 5.91 Å². The van der Waals surface area contributed by atoms with E-state index in [-0.39, 0.29) is 11.5 Å². The van der Waals surface area contributed by atoms with Crippen molar-refractivity contribution in [1.82, 2.24) is 19.4 Å². The van der Waals surface area contributed by atoms with E-state index >= 15 is 0 Å². The van der Waals surface area contributed by atoms with Gasteiger partial charge < -0.3 is 14.5 Å². The smallest absolute Gasteiger partial charge is 0.254 e. The Bertz CT molecular complexity index is 762. The highest BCUT2D eigenvalue weighted by molar-refractivity contribution is 5.94. The molecule has 2 aromatic heterocycles. The van der Waals surface area contributed by atoms with Crippen molar-refractivity contribution in [1.29, 1.82) is 0 Å². The number of H-pyrrole nitrogens is 1. The van der Waals surface area contributed by atoms with Crippen molar-refractivity contribution in [3.63, 3.8) is 0 Å². The Balaban J connectivity index is 1.71. The number of aromatic nitrogens is 3. The zero-order valence-corrected chi connectivity index (χ0v) is 13.6. The minimum atomic E-state index is -0.226. The SMILES string of the molecule is Cc1cc(C(=O)N2CCC[C@H](Cn3ccnc3C)C2)cc(=O)[nH]1. The first kappa shape index (κ1) is 15.5. The van der Waals surface area contributed by atoms with E-state index in [1.807, 2.05) is 18.0 Å². The monoisotopic (exact) mass is 314 g/mol. The summed E-state index contributed by atoms with van der Waals surface area (Å²) in [6.45, 7) is 6.14. The zero-order valence-electron chi connectivity index (χ0n) is 13.6. The average molecular weight is 314 g/mol. The van der Waals surface area contributed by atoms with Crippen molar-refractivity contribution >= 4 is 5.91 Å². The van der Waals surface area contributed by atoms with Crippen molar-refractivity contribution in [2.24, 2.45) is 5.92 Å². The van der Waals surface area contributed by atoms with E-state index in [9.17, 15) is 9.59 Å². The van der Waals surface area contributed by atoms with Gasteiger partial charge in [0.2, 0.25) is 5.56 Å². The molecule has 1 aliphatic heterocycles. The van der Waals surface area contributed by atoms with Crippen LogP contribution in [-0.4, -0.2) is 38.4 Å². The molecular weight excluding hydrogens is 292 g/mol. The molecule has 3 heterocycles. The molecule has 23 heavy (non-hydrogen) atoms. The van der Waals surface area contributed by atoms with Gasteiger partial charge in [0.1, 0.15) is 5.82 Å². The van der Waals surface area contributed by atoms with Gasteiger partial charge in [-0.15, -0.1) is 0 Å². The largest absolute Gasteiger partial charge is 0.338 e. The average Bonchev–Trinajstić information content (AvgIpc) is 2.91. The van der Waals surface area contributed by atoms with Gasteiger partial charge in [0.05, 0.1) is 0 Å². The van der Waals surface area contributed by atoms with Crippen LogP contribution in [0.3, 0.4) is 0 Å². The van der Waals surface area contributed by atoms with E-state index in [1.165, 1.54) is 6.07 Å². The summed E-state index contributed by atoms with van der Waals surface area (Å²) < 4.78 is 2.13. The molecule has 0 spiro atoms. The van der Waals surface area contributed by atoms with E-state index in [4.69, 9.17) is 0 Å². The number of nitrogens with one attached hydrogen (secondary N) is 1. The van der Waals surface area contributed by atoms with Gasteiger partial charge in [-0.3, -0.25) is 9.59 Å². The van der Waals surface area contributed by atoms with Crippen LogP contribution in [0.15, 0.2) is 29.3 Å². The van der Waals surface area contributed by atoms with Crippen LogP contribution in [0.1, 0.15) is 34.7 Å². The number of likely N-dealkylation sites (tertiary alicyclic amines) is 1. The summed E-state index contributed by atoms with van der Waals surface area (Å²) in [4.78, 5) is 33.0. The number of carbonyl (C=O) groups excluding carboxylic acids is 1. The van der Waals surface area contributed by atoms with Gasteiger partial charge in [0.15, 0.2) is 0 Å². The highest BCUT2D eigenvalue weighted by Gasteiger charge is 2.25. The number of rotatable bonds is 3. The Labute approximate surface area is 135 Å². The maximum Gasteiger partial charge on any atom is 0.254 e. The number of imidazole rings is 1. The Morgan fingerprint density at radius 3 is 2.91 bits per heavy atom. The topological polar surface area (TPSA) is 71.0 Å². The van der Waals surface area contributed by atoms with Crippen molar-refractivity contribution in [2.45, 2.75) is 33.2 Å². The second-order valence-electron chi connectivity index (χ2n) is 6.30. The fraction of sp³-hybridized carbons (Fsp3) is 0.471. The molecule has 1 amide bonds. The predicted octanol–water partition coefficient (Wildman–Crippen LogP) is 1.74. The highest BCUT2D eigenvalue weighted by atomic mass is 16.2. The molecule has 3 rings (SSSR count). The first-order valence-corrected chi connectivity index (χ1v) is 8.01. The standard InChI is InChI=1S/C17H22N4O2/c1-12-8-15(9-16(22)19-12)17(23)21-6-3-4-14(11-21)10-20-7-5-18-13(20)2/h5,7-9,14H,3-4,6,10-11H2,1-2H3,(H,19,22)/t14-/m1/s1. The van der Waals surface area contributed by atoms with Crippen LogP contribution in [0.25, 0.3) is 0 Å². The lowest BCUT2D eigenvalue weighted by Crippen LogP contribution is -2.41. The molecule has 2 aromatic rings. The first-order valence-electron chi connectivity index (χ1n) is 8.01. The molecule has 122 valence electrons. The summed E-state index contributed by atoms with van der Waals surface area (Å²) in [6.07, 6.45) is 5.89. The number of aromatic amines is 1. The van der Waals surface area contributed by atoms with Gasteiger partial charge in [-0.05, 0) is 38.7 Å². The fourth-order valence-electron chi connectivity index (χ4n) is 3.26. The van der Waals surface area contributed by atoms with E-state index in [2.05, 4.69) is 14.5 Å². The lowest BCUT2D eigenvalue weighted by Gasteiger charge is -2.33. The molecule has 0 saturated carbocycles. The van der Waals surface area contributed by atoms with Crippen LogP contribution < -0.4 is 5.56 Å². The van der Waals surface area contributed by atoms with Crippen molar-refractivity contribution in [3.05, 3.63) is 52.0 Å². The van der Waals surface area contributed by atoms with Crippen molar-refractivity contribution in [2.75, 3.05) is 13.1 Å². The molecule has 0 bridgehead atoms. The molecule has 0 aliphatic carbocycles. The quantitative estimate of drug-likeness (QED) is 0.938. The molecular formula is C17H22N4O2. The Morgan fingerprint density at radius 2 is 2.22 bits per heavy atom. The van der Waals surface area contributed by atoms with Crippen molar-refractivity contribution < 1.29 is 4.79 Å². The zero-order chi connectivity index (χ0) is 16.4. The predicted molar refractivity (Wildman–Crippen MR) is 87.4 cm³/mol. The normalized spacial score (nSPS) is 18.2. The number of carbonyl (C=O) groups is 1. The second kappa shape index (κ2) is 6.40.